The fourth-order valence-electron chi connectivity index (χ4n) is 5.00. The molecule has 0 bridgehead atoms. The fourth-order valence-corrected chi connectivity index (χ4v) is 6.50. The number of carbonyl (C=O) groups excluding carboxylic acids is 2. The number of thiophene rings is 1. The van der Waals surface area contributed by atoms with Crippen molar-refractivity contribution in [2.45, 2.75) is 60.3 Å². The molecule has 7 heteroatoms. The second-order valence-electron chi connectivity index (χ2n) is 9.52. The van der Waals surface area contributed by atoms with Crippen molar-refractivity contribution in [1.29, 1.82) is 5.26 Å². The summed E-state index contributed by atoms with van der Waals surface area (Å²) in [6.07, 6.45) is 5.76. The summed E-state index contributed by atoms with van der Waals surface area (Å²) in [5.41, 5.74) is 6.59. The van der Waals surface area contributed by atoms with Gasteiger partial charge in [-0.3, -0.25) is 9.59 Å². The van der Waals surface area contributed by atoms with Crippen LogP contribution in [0.15, 0.2) is 35.9 Å². The minimum absolute atomic E-state index is 0.0997. The van der Waals surface area contributed by atoms with Crippen LogP contribution in [0.4, 0.5) is 5.69 Å². The first-order valence-corrected chi connectivity index (χ1v) is 13.7. The summed E-state index contributed by atoms with van der Waals surface area (Å²) in [6, 6.07) is 11.9. The Morgan fingerprint density at radius 1 is 1.11 bits per heavy atom. The Kier molecular flexibility index (Phi) is 7.99. The lowest BCUT2D eigenvalue weighted by molar-refractivity contribution is -0.126. The van der Waals surface area contributed by atoms with E-state index in [1.165, 1.54) is 4.88 Å². The van der Waals surface area contributed by atoms with Crippen molar-refractivity contribution < 1.29 is 9.59 Å². The van der Waals surface area contributed by atoms with Crippen molar-refractivity contribution in [2.24, 2.45) is 0 Å². The molecule has 4 rings (SSSR count). The van der Waals surface area contributed by atoms with Crippen LogP contribution >= 0.6 is 11.3 Å². The molecule has 0 saturated heterocycles. The second kappa shape index (κ2) is 11.2. The number of benzene rings is 1. The van der Waals surface area contributed by atoms with Gasteiger partial charge in [-0.2, -0.15) is 5.26 Å². The largest absolute Gasteiger partial charge is 0.339 e. The molecule has 0 fully saturated rings. The molecule has 0 spiro atoms. The van der Waals surface area contributed by atoms with Gasteiger partial charge in [0.05, 0.1) is 5.56 Å². The second-order valence-corrected chi connectivity index (χ2v) is 10.6. The van der Waals surface area contributed by atoms with Crippen LogP contribution in [-0.4, -0.2) is 34.4 Å². The normalized spacial score (nSPS) is 13.1. The van der Waals surface area contributed by atoms with Gasteiger partial charge in [-0.25, -0.2) is 0 Å². The van der Waals surface area contributed by atoms with Gasteiger partial charge in [-0.15, -0.1) is 11.3 Å². The molecule has 192 valence electrons. The number of rotatable bonds is 7. The SMILES string of the molecule is CCN(CC)C(=O)/C(C#N)=C\c1cc(C)n(-c2sc3c(c2C(=O)Nc2ccc(C)cc2)CCCC3)c1C. The molecule has 6 nitrogen and oxygen atoms in total. The number of fused-ring (bicyclic) bond motifs is 1. The fraction of sp³-hybridized carbons (Fsp3) is 0.367. The molecule has 3 aromatic rings. The molecule has 0 saturated carbocycles. The minimum atomic E-state index is -0.262. The van der Waals surface area contributed by atoms with Gasteiger partial charge < -0.3 is 14.8 Å². The highest BCUT2D eigenvalue weighted by atomic mass is 32.1. The Bertz CT molecular complexity index is 1400. The van der Waals surface area contributed by atoms with Gasteiger partial charge in [-0.05, 0) is 95.7 Å². The number of hydrogen-bond acceptors (Lipinski definition) is 4. The molecule has 1 aliphatic rings. The summed E-state index contributed by atoms with van der Waals surface area (Å²) in [5.74, 6) is -0.362. The van der Waals surface area contributed by atoms with Gasteiger partial charge in [0.25, 0.3) is 11.8 Å². The molecule has 0 aliphatic heterocycles. The van der Waals surface area contributed by atoms with Crippen LogP contribution in [0.25, 0.3) is 11.1 Å². The van der Waals surface area contributed by atoms with Crippen molar-refractivity contribution in [1.82, 2.24) is 9.47 Å². The first-order valence-electron chi connectivity index (χ1n) is 12.9. The molecule has 37 heavy (non-hydrogen) atoms. The van der Waals surface area contributed by atoms with E-state index in [2.05, 4.69) is 16.0 Å². The first kappa shape index (κ1) is 26.4. The van der Waals surface area contributed by atoms with Crippen LogP contribution < -0.4 is 5.32 Å². The zero-order valence-electron chi connectivity index (χ0n) is 22.3. The molecule has 0 unspecified atom stereocenters. The summed E-state index contributed by atoms with van der Waals surface area (Å²) >= 11 is 1.68. The number of likely N-dealkylation sites (N-methyl/N-ethyl adjacent to an activating group) is 1. The van der Waals surface area contributed by atoms with Crippen molar-refractivity contribution >= 4 is 34.9 Å². The Morgan fingerprint density at radius 3 is 2.43 bits per heavy atom. The number of carbonyl (C=O) groups is 2. The van der Waals surface area contributed by atoms with Gasteiger partial charge in [-0.1, -0.05) is 17.7 Å². The number of hydrogen-bond donors (Lipinski definition) is 1. The Morgan fingerprint density at radius 2 is 1.78 bits per heavy atom. The highest BCUT2D eigenvalue weighted by Crippen LogP contribution is 2.39. The molecule has 1 aromatic carbocycles. The Labute approximate surface area is 223 Å². The van der Waals surface area contributed by atoms with E-state index in [9.17, 15) is 14.9 Å². The number of anilines is 1. The van der Waals surface area contributed by atoms with Crippen molar-refractivity contribution in [3.05, 3.63) is 74.4 Å². The summed E-state index contributed by atoms with van der Waals surface area (Å²) in [7, 11) is 0. The Balaban J connectivity index is 1.79. The predicted molar refractivity (Wildman–Crippen MR) is 150 cm³/mol. The smallest absolute Gasteiger partial charge is 0.264 e. The molecule has 2 amide bonds. The molecule has 1 aliphatic carbocycles. The van der Waals surface area contributed by atoms with Crippen LogP contribution in [0.2, 0.25) is 0 Å². The number of nitrogens with one attached hydrogen (secondary N) is 1. The van der Waals surface area contributed by atoms with Gasteiger partial charge in [0, 0.05) is 35.0 Å². The first-order chi connectivity index (χ1) is 17.8. The highest BCUT2D eigenvalue weighted by molar-refractivity contribution is 7.15. The number of nitriles is 1. The molecular weight excluding hydrogens is 480 g/mol. The van der Waals surface area contributed by atoms with Crippen LogP contribution in [-0.2, 0) is 17.6 Å². The van der Waals surface area contributed by atoms with Crippen molar-refractivity contribution in [2.75, 3.05) is 18.4 Å². The quantitative estimate of drug-likeness (QED) is 0.294. The molecule has 2 aromatic heterocycles. The zero-order valence-corrected chi connectivity index (χ0v) is 23.1. The lowest BCUT2D eigenvalue weighted by Gasteiger charge is -2.17. The van der Waals surface area contributed by atoms with Crippen LogP contribution in [0.5, 0.6) is 0 Å². The van der Waals surface area contributed by atoms with E-state index in [1.54, 1.807) is 22.3 Å². The summed E-state index contributed by atoms with van der Waals surface area (Å²) in [4.78, 5) is 29.5. The maximum Gasteiger partial charge on any atom is 0.264 e. The molecule has 2 heterocycles. The lowest BCUT2D eigenvalue weighted by Crippen LogP contribution is -2.31. The average molecular weight is 515 g/mol. The zero-order chi connectivity index (χ0) is 26.7. The van der Waals surface area contributed by atoms with E-state index < -0.39 is 0 Å². The summed E-state index contributed by atoms with van der Waals surface area (Å²) < 4.78 is 2.11. The number of amides is 2. The monoisotopic (exact) mass is 514 g/mol. The van der Waals surface area contributed by atoms with Gasteiger partial charge >= 0.3 is 0 Å². The van der Waals surface area contributed by atoms with Gasteiger partial charge in [0.1, 0.15) is 16.6 Å². The number of aromatic nitrogens is 1. The maximum atomic E-state index is 13.7. The van der Waals surface area contributed by atoms with E-state index in [0.717, 1.165) is 70.0 Å². The van der Waals surface area contributed by atoms with E-state index in [-0.39, 0.29) is 17.4 Å². The van der Waals surface area contributed by atoms with Crippen LogP contribution in [0, 0.1) is 32.1 Å². The molecular formula is C30H34N4O2S. The molecule has 1 N–H and O–H groups in total. The standard InChI is InChI=1S/C30H34N4O2S/c1-6-33(7-2)29(36)23(18-31)17-22-16-20(4)34(21(22)5)30-27(25-10-8-9-11-26(25)37-30)28(35)32-24-14-12-19(3)13-15-24/h12-17H,6-11H2,1-5H3,(H,32,35)/b23-17-. The number of nitrogens with zero attached hydrogens (tertiary/aromatic N) is 3. The van der Waals surface area contributed by atoms with E-state index in [1.807, 2.05) is 65.0 Å². The predicted octanol–water partition coefficient (Wildman–Crippen LogP) is 6.37. The summed E-state index contributed by atoms with van der Waals surface area (Å²) in [5, 5.41) is 13.8. The lowest BCUT2D eigenvalue weighted by atomic mass is 9.95. The topological polar surface area (TPSA) is 78.1 Å². The van der Waals surface area contributed by atoms with Crippen LogP contribution in [0.3, 0.4) is 0 Å². The third-order valence-corrected chi connectivity index (χ3v) is 8.34. The average Bonchev–Trinajstić information content (AvgIpc) is 3.40. The summed E-state index contributed by atoms with van der Waals surface area (Å²) in [6.45, 7) is 10.9. The molecule has 0 atom stereocenters. The van der Waals surface area contributed by atoms with Gasteiger partial charge in [0.15, 0.2) is 0 Å². The van der Waals surface area contributed by atoms with E-state index in [4.69, 9.17) is 0 Å². The minimum Gasteiger partial charge on any atom is -0.339 e. The third kappa shape index (κ3) is 5.26. The number of aryl methyl sites for hydroxylation is 3. The third-order valence-electron chi connectivity index (χ3n) is 7.06. The van der Waals surface area contributed by atoms with Crippen molar-refractivity contribution in [3.63, 3.8) is 0 Å². The van der Waals surface area contributed by atoms with E-state index in [0.29, 0.717) is 13.1 Å². The van der Waals surface area contributed by atoms with Crippen LogP contribution in [0.1, 0.15) is 70.0 Å². The van der Waals surface area contributed by atoms with Crippen molar-refractivity contribution in [3.8, 4) is 11.1 Å². The maximum absolute atomic E-state index is 13.7. The van der Waals surface area contributed by atoms with E-state index >= 15 is 0 Å². The Hall–Kier alpha value is -3.63. The molecule has 0 radical (unpaired) electrons. The van der Waals surface area contributed by atoms with Gasteiger partial charge in [0.2, 0.25) is 0 Å². The highest BCUT2D eigenvalue weighted by Gasteiger charge is 2.28.